The minimum atomic E-state index is -0.729. The minimum Gasteiger partial charge on any atom is -0.450 e. The third-order valence-electron chi connectivity index (χ3n) is 3.27. The molecule has 1 saturated carbocycles. The summed E-state index contributed by atoms with van der Waals surface area (Å²) in [6.07, 6.45) is 3.00. The molecule has 0 heterocycles. The fourth-order valence-electron chi connectivity index (χ4n) is 2.48. The zero-order chi connectivity index (χ0) is 12.9. The maximum absolute atomic E-state index is 12.1. The summed E-state index contributed by atoms with van der Waals surface area (Å²) in [6.45, 7) is 4.18. The summed E-state index contributed by atoms with van der Waals surface area (Å²) in [5.74, 6) is 0.491. The highest BCUT2D eigenvalue weighted by Gasteiger charge is 2.42. The number of hydrogen-bond acceptors (Lipinski definition) is 3. The van der Waals surface area contributed by atoms with E-state index in [1.807, 2.05) is 0 Å². The summed E-state index contributed by atoms with van der Waals surface area (Å²) in [5, 5.41) is 3.04. The first-order chi connectivity index (χ1) is 8.04. The normalized spacial score (nSPS) is 28.5. The van der Waals surface area contributed by atoms with Crippen molar-refractivity contribution in [2.24, 2.45) is 5.92 Å². The van der Waals surface area contributed by atoms with Crippen LogP contribution in [-0.2, 0) is 9.53 Å². The van der Waals surface area contributed by atoms with Crippen molar-refractivity contribution >= 4 is 27.8 Å². The molecule has 1 aliphatic rings. The first-order valence-corrected chi connectivity index (χ1v) is 7.20. The molecule has 1 fully saturated rings. The number of Topliss-reactive ketones (excluding diaryl/α,β-unsaturated/α-hetero) is 1. The van der Waals surface area contributed by atoms with Crippen molar-refractivity contribution in [3.8, 4) is 0 Å². The second kappa shape index (κ2) is 6.38. The highest BCUT2D eigenvalue weighted by Crippen LogP contribution is 2.33. The van der Waals surface area contributed by atoms with Crippen molar-refractivity contribution in [3.63, 3.8) is 0 Å². The van der Waals surface area contributed by atoms with E-state index in [9.17, 15) is 9.59 Å². The Morgan fingerprint density at radius 2 is 2.24 bits per heavy atom. The predicted octanol–water partition coefficient (Wildman–Crippen LogP) is 2.65. The Morgan fingerprint density at radius 3 is 2.76 bits per heavy atom. The van der Waals surface area contributed by atoms with Gasteiger partial charge in [-0.15, -0.1) is 0 Å². The Balaban J connectivity index is 2.78. The van der Waals surface area contributed by atoms with Crippen molar-refractivity contribution in [2.75, 3.05) is 11.9 Å². The molecule has 4 nitrogen and oxygen atoms in total. The van der Waals surface area contributed by atoms with E-state index in [0.29, 0.717) is 25.4 Å². The van der Waals surface area contributed by atoms with E-state index in [-0.39, 0.29) is 11.1 Å². The molecule has 98 valence electrons. The van der Waals surface area contributed by atoms with Crippen LogP contribution in [0.25, 0.3) is 0 Å². The number of ketones is 1. The average Bonchev–Trinajstić information content (AvgIpc) is 2.28. The van der Waals surface area contributed by atoms with Gasteiger partial charge in [0.1, 0.15) is 5.54 Å². The molecule has 1 N–H and O–H groups in total. The molecule has 17 heavy (non-hydrogen) atoms. The van der Waals surface area contributed by atoms with Gasteiger partial charge in [-0.05, 0) is 25.7 Å². The number of halogens is 1. The van der Waals surface area contributed by atoms with Crippen LogP contribution in [0.3, 0.4) is 0 Å². The Bertz CT molecular complexity index is 295. The van der Waals surface area contributed by atoms with Gasteiger partial charge in [0.05, 0.1) is 11.9 Å². The summed E-state index contributed by atoms with van der Waals surface area (Å²) in [5.41, 5.74) is -0.729. The monoisotopic (exact) mass is 305 g/mol. The van der Waals surface area contributed by atoms with Gasteiger partial charge in [-0.2, -0.15) is 0 Å². The molecule has 0 saturated heterocycles. The summed E-state index contributed by atoms with van der Waals surface area (Å²) in [7, 11) is 0. The Kier molecular flexibility index (Phi) is 5.43. The van der Waals surface area contributed by atoms with Crippen LogP contribution in [0.1, 0.15) is 39.5 Å². The number of alkyl halides is 1. The van der Waals surface area contributed by atoms with Crippen molar-refractivity contribution in [1.29, 1.82) is 0 Å². The lowest BCUT2D eigenvalue weighted by atomic mass is 9.74. The highest BCUT2D eigenvalue weighted by atomic mass is 79.9. The Hall–Kier alpha value is -0.580. The number of ether oxygens (including phenoxy) is 1. The van der Waals surface area contributed by atoms with Crippen molar-refractivity contribution < 1.29 is 14.3 Å². The van der Waals surface area contributed by atoms with Gasteiger partial charge >= 0.3 is 6.09 Å². The van der Waals surface area contributed by atoms with Gasteiger partial charge in [0, 0.05) is 0 Å². The number of carbonyl (C=O) groups is 2. The second-order valence-electron chi connectivity index (χ2n) is 4.69. The molecule has 0 radical (unpaired) electrons. The second-order valence-corrected chi connectivity index (χ2v) is 5.25. The minimum absolute atomic E-state index is 0.0390. The molecule has 5 heteroatoms. The molecule has 1 aliphatic carbocycles. The lowest BCUT2D eigenvalue weighted by molar-refractivity contribution is -0.124. The van der Waals surface area contributed by atoms with Gasteiger partial charge in [0.2, 0.25) is 0 Å². The average molecular weight is 306 g/mol. The third kappa shape index (κ3) is 3.69. The molecule has 0 spiro atoms. The molecule has 0 aliphatic heterocycles. The first kappa shape index (κ1) is 14.5. The molecule has 0 aromatic carbocycles. The molecule has 2 atom stereocenters. The molecular formula is C12H20BrNO3. The van der Waals surface area contributed by atoms with E-state index in [1.54, 1.807) is 6.92 Å². The standard InChI is InChI=1S/C12H20BrNO3/c1-3-17-11(16)14-12(10(15)8-13)6-4-5-9(2)7-12/h9H,3-8H2,1-2H3,(H,14,16). The number of hydrogen-bond donors (Lipinski definition) is 1. The van der Waals surface area contributed by atoms with Crippen LogP contribution in [0.15, 0.2) is 0 Å². The summed E-state index contributed by atoms with van der Waals surface area (Å²) >= 11 is 3.19. The zero-order valence-electron chi connectivity index (χ0n) is 10.4. The lowest BCUT2D eigenvalue weighted by Gasteiger charge is -2.38. The van der Waals surface area contributed by atoms with E-state index in [4.69, 9.17) is 4.74 Å². The van der Waals surface area contributed by atoms with Crippen LogP contribution >= 0.6 is 15.9 Å². The Labute approximate surface area is 111 Å². The summed E-state index contributed by atoms with van der Waals surface area (Å²) in [4.78, 5) is 23.6. The zero-order valence-corrected chi connectivity index (χ0v) is 12.0. The van der Waals surface area contributed by atoms with Crippen LogP contribution in [-0.4, -0.2) is 29.4 Å². The number of rotatable bonds is 4. The SMILES string of the molecule is CCOC(=O)NC1(C(=O)CBr)CCCC(C)C1. The van der Waals surface area contributed by atoms with E-state index in [2.05, 4.69) is 28.2 Å². The first-order valence-electron chi connectivity index (χ1n) is 6.08. The van der Waals surface area contributed by atoms with Gasteiger partial charge < -0.3 is 10.1 Å². The summed E-state index contributed by atoms with van der Waals surface area (Å²) < 4.78 is 4.88. The van der Waals surface area contributed by atoms with E-state index in [1.165, 1.54) is 0 Å². The van der Waals surface area contributed by atoms with Gasteiger partial charge in [-0.3, -0.25) is 4.79 Å². The molecule has 2 unspecified atom stereocenters. The van der Waals surface area contributed by atoms with Crippen molar-refractivity contribution in [3.05, 3.63) is 0 Å². The highest BCUT2D eigenvalue weighted by molar-refractivity contribution is 9.09. The van der Waals surface area contributed by atoms with E-state index >= 15 is 0 Å². The van der Waals surface area contributed by atoms with Crippen LogP contribution in [0.4, 0.5) is 4.79 Å². The topological polar surface area (TPSA) is 55.4 Å². The molecule has 1 rings (SSSR count). The number of amides is 1. The van der Waals surface area contributed by atoms with Crippen LogP contribution in [0.5, 0.6) is 0 Å². The third-order valence-corrected chi connectivity index (χ3v) is 3.78. The number of nitrogens with one attached hydrogen (secondary N) is 1. The van der Waals surface area contributed by atoms with Crippen molar-refractivity contribution in [1.82, 2.24) is 5.32 Å². The molecule has 0 aromatic heterocycles. The van der Waals surface area contributed by atoms with Crippen LogP contribution < -0.4 is 5.32 Å². The lowest BCUT2D eigenvalue weighted by Crippen LogP contribution is -2.57. The predicted molar refractivity (Wildman–Crippen MR) is 69.3 cm³/mol. The van der Waals surface area contributed by atoms with Gasteiger partial charge in [0.25, 0.3) is 0 Å². The molecule has 1 amide bonds. The van der Waals surface area contributed by atoms with Crippen LogP contribution in [0, 0.1) is 5.92 Å². The summed E-state index contributed by atoms with van der Waals surface area (Å²) in [6, 6.07) is 0. The molecule has 0 aromatic rings. The Morgan fingerprint density at radius 1 is 1.53 bits per heavy atom. The van der Waals surface area contributed by atoms with E-state index < -0.39 is 11.6 Å². The van der Waals surface area contributed by atoms with Crippen LogP contribution in [0.2, 0.25) is 0 Å². The van der Waals surface area contributed by atoms with E-state index in [0.717, 1.165) is 12.8 Å². The quantitative estimate of drug-likeness (QED) is 0.812. The van der Waals surface area contributed by atoms with Gasteiger partial charge in [0.15, 0.2) is 5.78 Å². The number of alkyl carbamates (subject to hydrolysis) is 1. The van der Waals surface area contributed by atoms with Crippen molar-refractivity contribution in [2.45, 2.75) is 45.1 Å². The maximum atomic E-state index is 12.1. The molecule has 0 bridgehead atoms. The number of carbonyl (C=O) groups excluding carboxylic acids is 2. The largest absolute Gasteiger partial charge is 0.450 e. The maximum Gasteiger partial charge on any atom is 0.407 e. The molecular weight excluding hydrogens is 286 g/mol. The van der Waals surface area contributed by atoms with Gasteiger partial charge in [-0.25, -0.2) is 4.79 Å². The fourth-order valence-corrected chi connectivity index (χ4v) is 3.01. The smallest absolute Gasteiger partial charge is 0.407 e. The fraction of sp³-hybridized carbons (Fsp3) is 0.833. The van der Waals surface area contributed by atoms with Gasteiger partial charge in [-0.1, -0.05) is 35.7 Å².